The van der Waals surface area contributed by atoms with Crippen molar-refractivity contribution in [3.8, 4) is 0 Å². The van der Waals surface area contributed by atoms with Crippen LogP contribution in [-0.4, -0.2) is 34.1 Å². The highest BCUT2D eigenvalue weighted by atomic mass is 16.4. The summed E-state index contributed by atoms with van der Waals surface area (Å²) in [6.45, 7) is 2.66. The van der Waals surface area contributed by atoms with E-state index >= 15 is 0 Å². The summed E-state index contributed by atoms with van der Waals surface area (Å²) in [5, 5.41) is 21.2. The summed E-state index contributed by atoms with van der Waals surface area (Å²) in [6.07, 6.45) is 0.454. The fraction of sp³-hybridized carbons (Fsp3) is 0.455. The molecule has 0 heterocycles. The Morgan fingerprint density at radius 1 is 1.17 bits per heavy atom. The average Bonchev–Trinajstić information content (AvgIpc) is 2.22. The van der Waals surface area contributed by atoms with Crippen molar-refractivity contribution >= 4 is 23.9 Å². The van der Waals surface area contributed by atoms with Crippen molar-refractivity contribution in [1.29, 1.82) is 0 Å². The number of allylic oxidation sites excluding steroid dienone is 2. The number of ketones is 2. The first-order valence-corrected chi connectivity index (χ1v) is 5.29. The van der Waals surface area contributed by atoms with Gasteiger partial charge in [-0.3, -0.25) is 4.79 Å². The van der Waals surface area contributed by atoms with Gasteiger partial charge in [0.2, 0.25) is 0 Å². The summed E-state index contributed by atoms with van der Waals surface area (Å²) in [5.41, 5.74) is 1.62. The Morgan fingerprint density at radius 2 is 1.78 bits per heavy atom. The Balaban J connectivity index is 4.63. The lowest BCUT2D eigenvalue weighted by Gasteiger charge is -2.03. The minimum absolute atomic E-state index is 0.00612. The van der Waals surface area contributed by atoms with Gasteiger partial charge in [0.25, 0.3) is 0 Å². The van der Waals surface area contributed by atoms with Crippen LogP contribution in [0.15, 0.2) is 16.4 Å². The minimum atomic E-state index is -1.37. The molecule has 0 atom stereocenters. The van der Waals surface area contributed by atoms with E-state index in [0.29, 0.717) is 12.8 Å². The Kier molecular flexibility index (Phi) is 7.02. The minimum Gasteiger partial charge on any atom is -0.512 e. The van der Waals surface area contributed by atoms with Gasteiger partial charge in [0.05, 0.1) is 11.8 Å². The van der Waals surface area contributed by atoms with E-state index in [1.807, 2.05) is 0 Å². The van der Waals surface area contributed by atoms with Crippen LogP contribution in [0.25, 0.3) is 0 Å². The molecule has 0 spiro atoms. The molecule has 7 nitrogen and oxygen atoms in total. The molecule has 0 aliphatic rings. The Morgan fingerprint density at radius 3 is 2.22 bits per heavy atom. The molecule has 0 unspecified atom stereocenters. The normalized spacial score (nSPS) is 12.1. The van der Waals surface area contributed by atoms with Crippen LogP contribution in [0, 0.1) is 0 Å². The summed E-state index contributed by atoms with van der Waals surface area (Å²) < 4.78 is 0. The van der Waals surface area contributed by atoms with E-state index in [1.165, 1.54) is 13.8 Å². The molecule has 0 radical (unpaired) electrons. The van der Waals surface area contributed by atoms with Gasteiger partial charge in [0.1, 0.15) is 11.5 Å². The number of carboxylic acid groups (broad SMARTS) is 1. The Bertz CT molecular complexity index is 398. The van der Waals surface area contributed by atoms with Gasteiger partial charge in [-0.1, -0.05) is 0 Å². The van der Waals surface area contributed by atoms with Crippen LogP contribution in [-0.2, 0) is 9.59 Å². The topological polar surface area (TPSA) is 116 Å². The van der Waals surface area contributed by atoms with Gasteiger partial charge in [0, 0.05) is 12.8 Å². The molecule has 7 heteroatoms. The Hall–Kier alpha value is -2.18. The van der Waals surface area contributed by atoms with Crippen molar-refractivity contribution in [3.63, 3.8) is 0 Å². The van der Waals surface area contributed by atoms with Crippen LogP contribution in [0.1, 0.15) is 33.1 Å². The smallest absolute Gasteiger partial charge is 0.425 e. The zero-order valence-electron chi connectivity index (χ0n) is 10.3. The van der Waals surface area contributed by atoms with Crippen LogP contribution >= 0.6 is 0 Å². The summed E-state index contributed by atoms with van der Waals surface area (Å²) >= 11 is 0. The number of nitrogens with zero attached hydrogens (tertiary/aromatic N) is 1. The zero-order valence-corrected chi connectivity index (χ0v) is 10.3. The number of hydrogen-bond donors (Lipinski definition) is 3. The summed E-state index contributed by atoms with van der Waals surface area (Å²) in [7, 11) is 0. The third-order valence-corrected chi connectivity index (χ3v) is 1.99. The predicted octanol–water partition coefficient (Wildman–Crippen LogP) is 1.40. The predicted molar refractivity (Wildman–Crippen MR) is 64.5 cm³/mol. The van der Waals surface area contributed by atoms with Gasteiger partial charge < -0.3 is 15.0 Å². The zero-order chi connectivity index (χ0) is 14.1. The van der Waals surface area contributed by atoms with E-state index in [4.69, 9.17) is 5.11 Å². The number of hydrogen-bond acceptors (Lipinski definition) is 5. The summed E-state index contributed by atoms with van der Waals surface area (Å²) in [5.74, 6) is -0.653. The highest BCUT2D eigenvalue weighted by Crippen LogP contribution is 2.10. The SMILES string of the molecule is CC(=O)CCCC(O)=C(C=NNC(=O)O)C(C)=O. The van der Waals surface area contributed by atoms with Crippen LogP contribution in [0.5, 0.6) is 0 Å². The number of rotatable bonds is 7. The molecule has 1 amide bonds. The summed E-state index contributed by atoms with van der Waals surface area (Å²) in [4.78, 5) is 32.1. The van der Waals surface area contributed by atoms with E-state index in [9.17, 15) is 19.5 Å². The van der Waals surface area contributed by atoms with Crippen molar-refractivity contribution in [2.75, 3.05) is 0 Å². The van der Waals surface area contributed by atoms with Crippen molar-refractivity contribution in [3.05, 3.63) is 11.3 Å². The number of Topliss-reactive ketones (excluding diaryl/α,β-unsaturated/α-hetero) is 2. The molecular weight excluding hydrogens is 240 g/mol. The number of nitrogens with one attached hydrogen (secondary N) is 1. The maximum Gasteiger partial charge on any atom is 0.425 e. The number of carbonyl (C=O) groups excluding carboxylic acids is 2. The lowest BCUT2D eigenvalue weighted by molar-refractivity contribution is -0.117. The van der Waals surface area contributed by atoms with Crippen LogP contribution < -0.4 is 5.43 Å². The standard InChI is InChI=1S/C11H16N2O5/c1-7(14)4-3-5-10(16)9(8(2)15)6-12-13-11(17)18/h6,13,16H,3-5H2,1-2H3,(H,17,18). The second-order valence-corrected chi connectivity index (χ2v) is 3.65. The first kappa shape index (κ1) is 15.8. The number of aliphatic hydroxyl groups is 1. The molecule has 0 saturated heterocycles. The molecule has 0 fully saturated rings. The molecule has 0 aromatic carbocycles. The molecule has 0 aliphatic heterocycles. The summed E-state index contributed by atoms with van der Waals surface area (Å²) in [6, 6.07) is 0. The van der Waals surface area contributed by atoms with E-state index < -0.39 is 11.9 Å². The molecule has 0 aromatic heterocycles. The molecule has 18 heavy (non-hydrogen) atoms. The van der Waals surface area contributed by atoms with Crippen LogP contribution in [0.2, 0.25) is 0 Å². The fourth-order valence-electron chi connectivity index (χ4n) is 1.16. The maximum absolute atomic E-state index is 11.2. The van der Waals surface area contributed by atoms with Gasteiger partial charge >= 0.3 is 6.09 Å². The lowest BCUT2D eigenvalue weighted by atomic mass is 10.1. The molecule has 0 aromatic rings. The molecule has 3 N–H and O–H groups in total. The van der Waals surface area contributed by atoms with Crippen molar-refractivity contribution < 1.29 is 24.6 Å². The first-order valence-electron chi connectivity index (χ1n) is 5.29. The first-order chi connectivity index (χ1) is 8.34. The monoisotopic (exact) mass is 256 g/mol. The van der Waals surface area contributed by atoms with Gasteiger partial charge in [-0.2, -0.15) is 5.10 Å². The lowest BCUT2D eigenvalue weighted by Crippen LogP contribution is -2.15. The van der Waals surface area contributed by atoms with Gasteiger partial charge in [-0.25, -0.2) is 10.2 Å². The molecular formula is C11H16N2O5. The highest BCUT2D eigenvalue weighted by Gasteiger charge is 2.09. The highest BCUT2D eigenvalue weighted by molar-refractivity contribution is 6.12. The molecule has 0 bridgehead atoms. The van der Waals surface area contributed by atoms with E-state index in [0.717, 1.165) is 6.21 Å². The molecule has 0 saturated carbocycles. The van der Waals surface area contributed by atoms with Crippen molar-refractivity contribution in [2.24, 2.45) is 5.10 Å². The van der Waals surface area contributed by atoms with Crippen molar-refractivity contribution in [1.82, 2.24) is 5.43 Å². The number of carbonyl (C=O) groups is 3. The van der Waals surface area contributed by atoms with Crippen molar-refractivity contribution in [2.45, 2.75) is 33.1 Å². The molecule has 0 aliphatic carbocycles. The number of hydrazone groups is 1. The van der Waals surface area contributed by atoms with Crippen LogP contribution in [0.4, 0.5) is 4.79 Å². The Labute approximate surface area is 104 Å². The van der Waals surface area contributed by atoms with Crippen LogP contribution in [0.3, 0.4) is 0 Å². The van der Waals surface area contributed by atoms with E-state index in [2.05, 4.69) is 5.10 Å². The maximum atomic E-state index is 11.2. The molecule has 0 rings (SSSR count). The fourth-order valence-corrected chi connectivity index (χ4v) is 1.16. The average molecular weight is 256 g/mol. The third kappa shape index (κ3) is 7.15. The van der Waals surface area contributed by atoms with Gasteiger partial charge in [0.15, 0.2) is 5.78 Å². The van der Waals surface area contributed by atoms with Gasteiger partial charge in [-0.15, -0.1) is 0 Å². The molecule has 100 valence electrons. The number of aliphatic hydroxyl groups excluding tert-OH is 1. The van der Waals surface area contributed by atoms with E-state index in [1.54, 1.807) is 5.43 Å². The quantitative estimate of drug-likeness (QED) is 0.275. The second-order valence-electron chi connectivity index (χ2n) is 3.65. The van der Waals surface area contributed by atoms with Gasteiger partial charge in [-0.05, 0) is 20.3 Å². The largest absolute Gasteiger partial charge is 0.512 e. The second kappa shape index (κ2) is 7.99. The third-order valence-electron chi connectivity index (χ3n) is 1.99. The van der Waals surface area contributed by atoms with E-state index in [-0.39, 0.29) is 23.5 Å². The number of amides is 1.